The van der Waals surface area contributed by atoms with E-state index in [9.17, 15) is 14.4 Å². The largest absolute Gasteiger partial charge is 0.461 e. The molecule has 0 bridgehead atoms. The molecule has 0 spiro atoms. The standard InChI is InChI=1S/C15H17NO6/c1-3-13(17)21-10-7-16(8-11-22-14(18)4-2)15(19)12-6-5-9-20-12/h3-6,9H,1-2,7-8,10-11H2. The lowest BCUT2D eigenvalue weighted by atomic mass is 10.3. The van der Waals surface area contributed by atoms with Crippen molar-refractivity contribution in [1.82, 2.24) is 4.90 Å². The van der Waals surface area contributed by atoms with Crippen LogP contribution in [-0.2, 0) is 19.1 Å². The van der Waals surface area contributed by atoms with Crippen LogP contribution in [0.3, 0.4) is 0 Å². The van der Waals surface area contributed by atoms with E-state index in [-0.39, 0.29) is 32.1 Å². The average Bonchev–Trinajstić information content (AvgIpc) is 3.06. The van der Waals surface area contributed by atoms with Crippen LogP contribution in [-0.4, -0.2) is 49.0 Å². The fraction of sp³-hybridized carbons (Fsp3) is 0.267. The number of carbonyl (C=O) groups is 3. The summed E-state index contributed by atoms with van der Waals surface area (Å²) in [5.41, 5.74) is 0. The summed E-state index contributed by atoms with van der Waals surface area (Å²) in [7, 11) is 0. The minimum atomic E-state index is -0.580. The first kappa shape index (κ1) is 17.2. The van der Waals surface area contributed by atoms with Crippen LogP contribution in [0.1, 0.15) is 10.6 Å². The minimum Gasteiger partial charge on any atom is -0.461 e. The van der Waals surface area contributed by atoms with Gasteiger partial charge in [-0.15, -0.1) is 0 Å². The molecule has 7 heteroatoms. The van der Waals surface area contributed by atoms with Crippen molar-refractivity contribution in [2.24, 2.45) is 0 Å². The molecule has 1 heterocycles. The molecule has 0 aliphatic carbocycles. The lowest BCUT2D eigenvalue weighted by molar-refractivity contribution is -0.138. The molecular weight excluding hydrogens is 290 g/mol. The van der Waals surface area contributed by atoms with Crippen molar-refractivity contribution in [2.75, 3.05) is 26.3 Å². The van der Waals surface area contributed by atoms with Gasteiger partial charge in [-0.3, -0.25) is 4.79 Å². The Morgan fingerprint density at radius 2 is 1.64 bits per heavy atom. The maximum Gasteiger partial charge on any atom is 0.330 e. The zero-order valence-electron chi connectivity index (χ0n) is 12.0. The van der Waals surface area contributed by atoms with Crippen molar-refractivity contribution in [1.29, 1.82) is 0 Å². The molecule has 1 aromatic rings. The third-order valence-electron chi connectivity index (χ3n) is 2.56. The monoisotopic (exact) mass is 307 g/mol. The molecule has 118 valence electrons. The van der Waals surface area contributed by atoms with Crippen LogP contribution in [0.5, 0.6) is 0 Å². The third-order valence-corrected chi connectivity index (χ3v) is 2.56. The molecule has 0 aliphatic heterocycles. The SMILES string of the molecule is C=CC(=O)OCCN(CCOC(=O)C=C)C(=O)c1ccco1. The normalized spacial score (nSPS) is 9.64. The molecule has 0 atom stereocenters. The van der Waals surface area contributed by atoms with Crippen LogP contribution in [0.25, 0.3) is 0 Å². The van der Waals surface area contributed by atoms with E-state index in [1.54, 1.807) is 6.07 Å². The van der Waals surface area contributed by atoms with Crippen LogP contribution in [0.4, 0.5) is 0 Å². The Hall–Kier alpha value is -2.83. The van der Waals surface area contributed by atoms with Gasteiger partial charge in [0.05, 0.1) is 19.4 Å². The second-order valence-corrected chi connectivity index (χ2v) is 4.01. The average molecular weight is 307 g/mol. The smallest absolute Gasteiger partial charge is 0.330 e. The molecule has 1 amide bonds. The number of hydrogen-bond acceptors (Lipinski definition) is 6. The summed E-state index contributed by atoms with van der Waals surface area (Å²) < 4.78 is 14.7. The number of nitrogens with zero attached hydrogens (tertiary/aromatic N) is 1. The van der Waals surface area contributed by atoms with Crippen LogP contribution in [0.2, 0.25) is 0 Å². The number of furan rings is 1. The molecule has 0 unspecified atom stereocenters. The maximum atomic E-state index is 12.2. The predicted octanol–water partition coefficient (Wildman–Crippen LogP) is 1.18. The molecular formula is C15H17NO6. The Bertz CT molecular complexity index is 508. The molecule has 22 heavy (non-hydrogen) atoms. The van der Waals surface area contributed by atoms with E-state index in [1.807, 2.05) is 0 Å². The van der Waals surface area contributed by atoms with Crippen LogP contribution in [0.15, 0.2) is 48.1 Å². The van der Waals surface area contributed by atoms with Crippen molar-refractivity contribution in [3.8, 4) is 0 Å². The summed E-state index contributed by atoms with van der Waals surface area (Å²) in [6.07, 6.45) is 3.44. The van der Waals surface area contributed by atoms with E-state index in [4.69, 9.17) is 13.9 Å². The van der Waals surface area contributed by atoms with Crippen molar-refractivity contribution in [3.05, 3.63) is 49.5 Å². The molecule has 0 saturated heterocycles. The number of amides is 1. The first-order valence-corrected chi connectivity index (χ1v) is 6.49. The van der Waals surface area contributed by atoms with Crippen molar-refractivity contribution in [3.63, 3.8) is 0 Å². The second kappa shape index (κ2) is 9.17. The zero-order valence-corrected chi connectivity index (χ0v) is 12.0. The van der Waals surface area contributed by atoms with Crippen LogP contribution in [0, 0.1) is 0 Å². The number of hydrogen-bond donors (Lipinski definition) is 0. The zero-order chi connectivity index (χ0) is 16.4. The Labute approximate surface area is 127 Å². The molecule has 1 rings (SSSR count). The van der Waals surface area contributed by atoms with E-state index in [0.717, 1.165) is 12.2 Å². The van der Waals surface area contributed by atoms with Gasteiger partial charge in [-0.25, -0.2) is 9.59 Å². The van der Waals surface area contributed by atoms with Gasteiger partial charge in [0.1, 0.15) is 13.2 Å². The van der Waals surface area contributed by atoms with Crippen LogP contribution >= 0.6 is 0 Å². The number of ether oxygens (including phenoxy) is 2. The Kier molecular flexibility index (Phi) is 7.18. The Morgan fingerprint density at radius 1 is 1.09 bits per heavy atom. The highest BCUT2D eigenvalue weighted by Crippen LogP contribution is 2.06. The van der Waals surface area contributed by atoms with Gasteiger partial charge in [-0.1, -0.05) is 13.2 Å². The van der Waals surface area contributed by atoms with Crippen molar-refractivity contribution >= 4 is 17.8 Å². The van der Waals surface area contributed by atoms with Gasteiger partial charge < -0.3 is 18.8 Å². The van der Waals surface area contributed by atoms with Gasteiger partial charge >= 0.3 is 11.9 Å². The van der Waals surface area contributed by atoms with E-state index >= 15 is 0 Å². The fourth-order valence-corrected chi connectivity index (χ4v) is 1.50. The Balaban J connectivity index is 2.57. The predicted molar refractivity (Wildman–Crippen MR) is 76.9 cm³/mol. The third kappa shape index (κ3) is 5.66. The maximum absolute atomic E-state index is 12.2. The lowest BCUT2D eigenvalue weighted by Crippen LogP contribution is -2.37. The molecule has 7 nitrogen and oxygen atoms in total. The van der Waals surface area contributed by atoms with Gasteiger partial charge in [0.25, 0.3) is 5.91 Å². The number of esters is 2. The quantitative estimate of drug-likeness (QED) is 0.503. The second-order valence-electron chi connectivity index (χ2n) is 4.01. The van der Waals surface area contributed by atoms with Crippen molar-refractivity contribution < 1.29 is 28.3 Å². The molecule has 0 aromatic carbocycles. The summed E-state index contributed by atoms with van der Waals surface area (Å²) in [5.74, 6) is -1.41. The van der Waals surface area contributed by atoms with Gasteiger partial charge in [0.15, 0.2) is 5.76 Å². The van der Waals surface area contributed by atoms with Gasteiger partial charge in [0.2, 0.25) is 0 Å². The fourth-order valence-electron chi connectivity index (χ4n) is 1.50. The van der Waals surface area contributed by atoms with Crippen molar-refractivity contribution in [2.45, 2.75) is 0 Å². The van der Waals surface area contributed by atoms with Gasteiger partial charge in [-0.2, -0.15) is 0 Å². The highest BCUT2D eigenvalue weighted by atomic mass is 16.5. The minimum absolute atomic E-state index is 0.00724. The molecule has 1 aromatic heterocycles. The highest BCUT2D eigenvalue weighted by Gasteiger charge is 2.18. The number of rotatable bonds is 9. The molecule has 0 aliphatic rings. The van der Waals surface area contributed by atoms with Gasteiger partial charge in [0, 0.05) is 12.2 Å². The highest BCUT2D eigenvalue weighted by molar-refractivity contribution is 5.91. The summed E-state index contributed by atoms with van der Waals surface area (Å²) in [6.45, 7) is 6.80. The van der Waals surface area contributed by atoms with E-state index < -0.39 is 17.8 Å². The summed E-state index contributed by atoms with van der Waals surface area (Å²) in [6, 6.07) is 3.10. The molecule has 0 saturated carbocycles. The van der Waals surface area contributed by atoms with E-state index in [2.05, 4.69) is 13.2 Å². The molecule has 0 radical (unpaired) electrons. The lowest BCUT2D eigenvalue weighted by Gasteiger charge is -2.21. The first-order valence-electron chi connectivity index (χ1n) is 6.49. The summed E-state index contributed by atoms with van der Waals surface area (Å²) >= 11 is 0. The molecule has 0 fully saturated rings. The number of carbonyl (C=O) groups excluding carboxylic acids is 3. The molecule has 0 N–H and O–H groups in total. The first-order chi connectivity index (χ1) is 10.6. The topological polar surface area (TPSA) is 86.0 Å². The summed E-state index contributed by atoms with van der Waals surface area (Å²) in [5, 5.41) is 0. The van der Waals surface area contributed by atoms with Crippen LogP contribution < -0.4 is 0 Å². The van der Waals surface area contributed by atoms with Gasteiger partial charge in [-0.05, 0) is 12.1 Å². The Morgan fingerprint density at radius 3 is 2.05 bits per heavy atom. The van der Waals surface area contributed by atoms with E-state index in [1.165, 1.54) is 17.2 Å². The summed E-state index contributed by atoms with van der Waals surface area (Å²) in [4.78, 5) is 35.5. The van der Waals surface area contributed by atoms with E-state index in [0.29, 0.717) is 0 Å².